The van der Waals surface area contributed by atoms with Gasteiger partial charge in [-0.2, -0.15) is 5.10 Å². The third kappa shape index (κ3) is 1.16. The number of aromatic nitrogens is 5. The number of hydrogen-bond donors (Lipinski definition) is 0. The average Bonchev–Trinajstić information content (AvgIpc) is 2.58. The summed E-state index contributed by atoms with van der Waals surface area (Å²) >= 11 is 0. The van der Waals surface area contributed by atoms with E-state index >= 15 is 0 Å². The van der Waals surface area contributed by atoms with Crippen LogP contribution in [0, 0.1) is 6.92 Å². The molecular weight excluding hydrogens is 154 g/mol. The van der Waals surface area contributed by atoms with Crippen LogP contribution in [-0.2, 0) is 0 Å². The topological polar surface area (TPSA) is 56.5 Å². The van der Waals surface area contributed by atoms with Gasteiger partial charge in [-0.05, 0) is 19.1 Å². The fourth-order valence-corrected chi connectivity index (χ4v) is 0.844. The van der Waals surface area contributed by atoms with Crippen molar-refractivity contribution in [1.29, 1.82) is 0 Å². The first-order valence-electron chi connectivity index (χ1n) is 3.53. The molecule has 0 saturated heterocycles. The summed E-state index contributed by atoms with van der Waals surface area (Å²) in [6.07, 6.45) is 3.32. The molecule has 0 aromatic carbocycles. The van der Waals surface area contributed by atoms with E-state index in [1.54, 1.807) is 17.1 Å². The lowest BCUT2D eigenvalue weighted by Crippen LogP contribution is -2.00. The molecule has 0 saturated carbocycles. The molecule has 0 atom stereocenters. The van der Waals surface area contributed by atoms with Gasteiger partial charge in [0, 0.05) is 0 Å². The molecule has 0 aliphatic carbocycles. The van der Waals surface area contributed by atoms with Gasteiger partial charge < -0.3 is 0 Å². The Morgan fingerprint density at radius 1 is 1.25 bits per heavy atom. The number of nitrogens with zero attached hydrogens (tertiary/aromatic N) is 5. The summed E-state index contributed by atoms with van der Waals surface area (Å²) in [5, 5.41) is 15.3. The van der Waals surface area contributed by atoms with E-state index in [2.05, 4.69) is 20.5 Å². The number of hydrogen-bond acceptors (Lipinski definition) is 4. The summed E-state index contributed by atoms with van der Waals surface area (Å²) in [4.78, 5) is 0. The van der Waals surface area contributed by atoms with Crippen molar-refractivity contribution in [2.45, 2.75) is 6.92 Å². The van der Waals surface area contributed by atoms with Crippen LogP contribution in [0.1, 0.15) is 5.69 Å². The van der Waals surface area contributed by atoms with Crippen LogP contribution < -0.4 is 0 Å². The van der Waals surface area contributed by atoms with E-state index in [4.69, 9.17) is 0 Å². The van der Waals surface area contributed by atoms with E-state index in [1.165, 1.54) is 0 Å². The lowest BCUT2D eigenvalue weighted by atomic mass is 10.4. The molecule has 2 aromatic heterocycles. The van der Waals surface area contributed by atoms with Crippen molar-refractivity contribution in [3.63, 3.8) is 0 Å². The highest BCUT2D eigenvalue weighted by atomic mass is 15.4. The van der Waals surface area contributed by atoms with Crippen LogP contribution in [0.5, 0.6) is 0 Å². The van der Waals surface area contributed by atoms with E-state index in [0.29, 0.717) is 5.82 Å². The Bertz CT molecular complexity index is 350. The average molecular weight is 161 g/mol. The zero-order valence-corrected chi connectivity index (χ0v) is 6.55. The fourth-order valence-electron chi connectivity index (χ4n) is 0.844. The third-order valence-electron chi connectivity index (χ3n) is 1.44. The Kier molecular flexibility index (Phi) is 1.55. The summed E-state index contributed by atoms with van der Waals surface area (Å²) in [7, 11) is 0. The van der Waals surface area contributed by atoms with Crippen LogP contribution in [0.3, 0.4) is 0 Å². The van der Waals surface area contributed by atoms with Gasteiger partial charge in [-0.15, -0.1) is 10.2 Å². The molecule has 60 valence electrons. The van der Waals surface area contributed by atoms with Gasteiger partial charge in [0.15, 0.2) is 5.82 Å². The van der Waals surface area contributed by atoms with Gasteiger partial charge in [0.25, 0.3) is 0 Å². The standard InChI is InChI=1S/C7H7N5/c1-6-2-3-7(10-9-6)12-5-4-8-11-12/h2-5H,1H3. The van der Waals surface area contributed by atoms with Crippen LogP contribution in [0.15, 0.2) is 24.5 Å². The Morgan fingerprint density at radius 3 is 2.75 bits per heavy atom. The lowest BCUT2D eigenvalue weighted by molar-refractivity contribution is 0.758. The van der Waals surface area contributed by atoms with E-state index in [9.17, 15) is 0 Å². The summed E-state index contributed by atoms with van der Waals surface area (Å²) in [6.45, 7) is 1.89. The van der Waals surface area contributed by atoms with Crippen molar-refractivity contribution in [1.82, 2.24) is 25.2 Å². The van der Waals surface area contributed by atoms with Crippen LogP contribution in [0.2, 0.25) is 0 Å². The minimum atomic E-state index is 0.679. The van der Waals surface area contributed by atoms with E-state index in [-0.39, 0.29) is 0 Å². The molecular formula is C7H7N5. The monoisotopic (exact) mass is 161 g/mol. The van der Waals surface area contributed by atoms with Crippen LogP contribution >= 0.6 is 0 Å². The fraction of sp³-hybridized carbons (Fsp3) is 0.143. The highest BCUT2D eigenvalue weighted by Gasteiger charge is 1.96. The molecule has 2 heterocycles. The van der Waals surface area contributed by atoms with Gasteiger partial charge >= 0.3 is 0 Å². The molecule has 2 rings (SSSR count). The summed E-state index contributed by atoms with van der Waals surface area (Å²) in [5.74, 6) is 0.679. The van der Waals surface area contributed by atoms with E-state index in [1.807, 2.05) is 19.1 Å². The normalized spacial score (nSPS) is 10.1. The van der Waals surface area contributed by atoms with Crippen molar-refractivity contribution < 1.29 is 0 Å². The molecule has 0 N–H and O–H groups in total. The first-order chi connectivity index (χ1) is 5.86. The van der Waals surface area contributed by atoms with Gasteiger partial charge in [-0.25, -0.2) is 4.68 Å². The van der Waals surface area contributed by atoms with Crippen LogP contribution in [0.4, 0.5) is 0 Å². The Labute approximate surface area is 69.1 Å². The Hall–Kier alpha value is -1.78. The first kappa shape index (κ1) is 6.90. The minimum absolute atomic E-state index is 0.679. The summed E-state index contributed by atoms with van der Waals surface area (Å²) in [6, 6.07) is 3.72. The molecule has 0 bridgehead atoms. The van der Waals surface area contributed by atoms with Crippen molar-refractivity contribution in [2.24, 2.45) is 0 Å². The molecule has 0 unspecified atom stereocenters. The molecule has 0 aliphatic rings. The Balaban J connectivity index is 2.43. The molecule has 0 spiro atoms. The maximum Gasteiger partial charge on any atom is 0.177 e. The molecule has 0 fully saturated rings. The van der Waals surface area contributed by atoms with Gasteiger partial charge in [-0.3, -0.25) is 0 Å². The van der Waals surface area contributed by atoms with Gasteiger partial charge in [0.05, 0.1) is 18.1 Å². The predicted molar refractivity (Wildman–Crippen MR) is 41.7 cm³/mol. The maximum atomic E-state index is 3.93. The predicted octanol–water partition coefficient (Wildman–Crippen LogP) is 0.366. The molecule has 0 aliphatic heterocycles. The van der Waals surface area contributed by atoms with Crippen molar-refractivity contribution in [2.75, 3.05) is 0 Å². The van der Waals surface area contributed by atoms with Crippen molar-refractivity contribution in [3.05, 3.63) is 30.2 Å². The number of aryl methyl sites for hydroxylation is 1. The molecule has 5 nitrogen and oxygen atoms in total. The molecule has 0 amide bonds. The molecule has 5 heteroatoms. The molecule has 0 radical (unpaired) electrons. The second kappa shape index (κ2) is 2.69. The van der Waals surface area contributed by atoms with E-state index in [0.717, 1.165) is 5.69 Å². The molecule has 2 aromatic rings. The summed E-state index contributed by atoms with van der Waals surface area (Å²) in [5.41, 5.74) is 0.888. The molecule has 12 heavy (non-hydrogen) atoms. The quantitative estimate of drug-likeness (QED) is 0.606. The van der Waals surface area contributed by atoms with Gasteiger partial charge in [-0.1, -0.05) is 5.21 Å². The van der Waals surface area contributed by atoms with Crippen molar-refractivity contribution >= 4 is 0 Å². The zero-order chi connectivity index (χ0) is 8.39. The SMILES string of the molecule is Cc1ccc(-n2ccnn2)nn1. The zero-order valence-electron chi connectivity index (χ0n) is 6.55. The van der Waals surface area contributed by atoms with Crippen LogP contribution in [0.25, 0.3) is 5.82 Å². The highest BCUT2D eigenvalue weighted by Crippen LogP contribution is 1.98. The highest BCUT2D eigenvalue weighted by molar-refractivity contribution is 5.18. The van der Waals surface area contributed by atoms with E-state index < -0.39 is 0 Å². The van der Waals surface area contributed by atoms with Crippen molar-refractivity contribution in [3.8, 4) is 5.82 Å². The second-order valence-electron chi connectivity index (χ2n) is 2.38. The Morgan fingerprint density at radius 2 is 2.17 bits per heavy atom. The third-order valence-corrected chi connectivity index (χ3v) is 1.44. The number of rotatable bonds is 1. The maximum absolute atomic E-state index is 3.93. The lowest BCUT2D eigenvalue weighted by Gasteiger charge is -1.96. The first-order valence-corrected chi connectivity index (χ1v) is 3.53. The smallest absolute Gasteiger partial charge is 0.177 e. The van der Waals surface area contributed by atoms with Gasteiger partial charge in [0.1, 0.15) is 0 Å². The minimum Gasteiger partial charge on any atom is -0.201 e. The summed E-state index contributed by atoms with van der Waals surface area (Å²) < 4.78 is 1.56. The second-order valence-corrected chi connectivity index (χ2v) is 2.38. The van der Waals surface area contributed by atoms with Crippen LogP contribution in [-0.4, -0.2) is 25.2 Å². The van der Waals surface area contributed by atoms with Gasteiger partial charge in [0.2, 0.25) is 0 Å². The largest absolute Gasteiger partial charge is 0.201 e.